The largest absolute Gasteiger partial charge is 0.350 e. The molecule has 0 saturated carbocycles. The van der Waals surface area contributed by atoms with Crippen LogP contribution in [-0.2, 0) is 6.54 Å². The number of fused-ring (bicyclic) bond motifs is 1. The Kier molecular flexibility index (Phi) is 4.38. The summed E-state index contributed by atoms with van der Waals surface area (Å²) in [5.41, 5.74) is 3.78. The topological polar surface area (TPSA) is 75.6 Å². The van der Waals surface area contributed by atoms with Crippen LogP contribution in [0.1, 0.15) is 11.3 Å². The average Bonchev–Trinajstić information content (AvgIpc) is 2.67. The summed E-state index contributed by atoms with van der Waals surface area (Å²) in [5.74, 6) is 1.30. The molecule has 6 nitrogen and oxygen atoms in total. The number of aryl methyl sites for hydroxylation is 1. The molecule has 0 spiro atoms. The zero-order valence-electron chi connectivity index (χ0n) is 14.3. The van der Waals surface area contributed by atoms with Crippen LogP contribution < -0.4 is 10.6 Å². The molecular formula is C20H18N6. The summed E-state index contributed by atoms with van der Waals surface area (Å²) in [5, 5.41) is 7.69. The fourth-order valence-corrected chi connectivity index (χ4v) is 2.74. The van der Waals surface area contributed by atoms with Crippen molar-refractivity contribution in [1.82, 2.24) is 19.9 Å². The minimum atomic E-state index is 0.574. The molecule has 0 aliphatic rings. The number of para-hydroxylation sites is 1. The molecule has 1 aromatic carbocycles. The molecule has 3 aromatic heterocycles. The average molecular weight is 342 g/mol. The molecule has 6 heteroatoms. The summed E-state index contributed by atoms with van der Waals surface area (Å²) in [7, 11) is 0. The molecular weight excluding hydrogens is 324 g/mol. The van der Waals surface area contributed by atoms with Gasteiger partial charge in [0.2, 0.25) is 5.95 Å². The Bertz CT molecular complexity index is 1030. The lowest BCUT2D eigenvalue weighted by atomic mass is 10.2. The molecule has 0 amide bonds. The maximum Gasteiger partial charge on any atom is 0.225 e. The van der Waals surface area contributed by atoms with Crippen molar-refractivity contribution in [3.05, 3.63) is 78.4 Å². The number of rotatable bonds is 5. The van der Waals surface area contributed by atoms with Gasteiger partial charge in [0.15, 0.2) is 0 Å². The summed E-state index contributed by atoms with van der Waals surface area (Å²) in [6, 6.07) is 15.8. The maximum atomic E-state index is 4.57. The van der Waals surface area contributed by atoms with Crippen LogP contribution in [-0.4, -0.2) is 19.9 Å². The second-order valence-corrected chi connectivity index (χ2v) is 5.94. The van der Waals surface area contributed by atoms with Crippen LogP contribution in [0.15, 0.2) is 67.1 Å². The van der Waals surface area contributed by atoms with Crippen molar-refractivity contribution < 1.29 is 0 Å². The molecule has 0 fully saturated rings. The quantitative estimate of drug-likeness (QED) is 0.569. The minimum Gasteiger partial charge on any atom is -0.350 e. The Hall–Kier alpha value is -3.54. The number of aromatic nitrogens is 4. The summed E-state index contributed by atoms with van der Waals surface area (Å²) in [4.78, 5) is 17.6. The number of nitrogens with zero attached hydrogens (tertiary/aromatic N) is 4. The summed E-state index contributed by atoms with van der Waals surface area (Å²) in [6.45, 7) is 2.57. The van der Waals surface area contributed by atoms with E-state index in [-0.39, 0.29) is 0 Å². The Morgan fingerprint density at radius 1 is 0.962 bits per heavy atom. The van der Waals surface area contributed by atoms with Gasteiger partial charge < -0.3 is 10.6 Å². The fourth-order valence-electron chi connectivity index (χ4n) is 2.74. The van der Waals surface area contributed by atoms with Crippen LogP contribution in [0.25, 0.3) is 10.9 Å². The van der Waals surface area contributed by atoms with E-state index >= 15 is 0 Å². The number of nitrogens with one attached hydrogen (secondary N) is 2. The number of benzene rings is 1. The lowest BCUT2D eigenvalue weighted by Crippen LogP contribution is -2.06. The van der Waals surface area contributed by atoms with E-state index in [1.165, 1.54) is 0 Å². The van der Waals surface area contributed by atoms with Crippen molar-refractivity contribution in [2.75, 3.05) is 10.6 Å². The highest BCUT2D eigenvalue weighted by Crippen LogP contribution is 2.24. The Balaban J connectivity index is 1.58. The molecule has 4 rings (SSSR count). The summed E-state index contributed by atoms with van der Waals surface area (Å²) >= 11 is 0. The molecule has 2 N–H and O–H groups in total. The third kappa shape index (κ3) is 3.59. The van der Waals surface area contributed by atoms with Crippen molar-refractivity contribution in [2.24, 2.45) is 0 Å². The second kappa shape index (κ2) is 7.14. The smallest absolute Gasteiger partial charge is 0.225 e. The van der Waals surface area contributed by atoms with Gasteiger partial charge in [0.1, 0.15) is 5.82 Å². The van der Waals surface area contributed by atoms with Gasteiger partial charge in [-0.1, -0.05) is 24.3 Å². The highest BCUT2D eigenvalue weighted by atomic mass is 15.1. The minimum absolute atomic E-state index is 0.574. The van der Waals surface area contributed by atoms with Gasteiger partial charge in [0.05, 0.1) is 11.2 Å². The third-order valence-electron chi connectivity index (χ3n) is 3.92. The normalized spacial score (nSPS) is 10.7. The van der Waals surface area contributed by atoms with Gasteiger partial charge in [0, 0.05) is 42.3 Å². The number of hydrogen-bond donors (Lipinski definition) is 2. The van der Waals surface area contributed by atoms with Crippen LogP contribution in [0.3, 0.4) is 0 Å². The first-order valence-electron chi connectivity index (χ1n) is 8.37. The number of anilines is 3. The van der Waals surface area contributed by atoms with E-state index in [1.54, 1.807) is 12.4 Å². The molecule has 0 aliphatic carbocycles. The molecule has 128 valence electrons. The molecule has 4 aromatic rings. The van der Waals surface area contributed by atoms with Crippen molar-refractivity contribution in [3.63, 3.8) is 0 Å². The predicted molar refractivity (Wildman–Crippen MR) is 103 cm³/mol. The number of hydrogen-bond acceptors (Lipinski definition) is 6. The van der Waals surface area contributed by atoms with Gasteiger partial charge >= 0.3 is 0 Å². The lowest BCUT2D eigenvalue weighted by molar-refractivity contribution is 1.02. The standard InChI is InChI=1S/C20H18N6/c1-14-11-18(25-17-8-2-6-16-7-4-10-22-19(16)17)26-20(24-14)23-13-15-5-3-9-21-12-15/h2-12H,13H2,1H3,(H2,23,24,25,26). The van der Waals surface area contributed by atoms with Crippen molar-refractivity contribution >= 4 is 28.4 Å². The maximum absolute atomic E-state index is 4.57. The van der Waals surface area contributed by atoms with E-state index in [2.05, 4.69) is 30.6 Å². The van der Waals surface area contributed by atoms with Gasteiger partial charge in [0.25, 0.3) is 0 Å². The van der Waals surface area contributed by atoms with E-state index < -0.39 is 0 Å². The van der Waals surface area contributed by atoms with Gasteiger partial charge in [-0.25, -0.2) is 4.98 Å². The highest BCUT2D eigenvalue weighted by Gasteiger charge is 2.06. The third-order valence-corrected chi connectivity index (χ3v) is 3.92. The Morgan fingerprint density at radius 2 is 1.85 bits per heavy atom. The molecule has 3 heterocycles. The number of pyridine rings is 2. The van der Waals surface area contributed by atoms with E-state index in [0.29, 0.717) is 12.5 Å². The predicted octanol–water partition coefficient (Wildman–Crippen LogP) is 4.08. The first-order chi connectivity index (χ1) is 12.8. The SMILES string of the molecule is Cc1cc(Nc2cccc3cccnc23)nc(NCc2cccnc2)n1. The molecule has 0 aliphatic heterocycles. The Labute approximate surface area is 151 Å². The van der Waals surface area contributed by atoms with E-state index in [1.807, 2.05) is 61.7 Å². The van der Waals surface area contributed by atoms with Gasteiger partial charge in [-0.2, -0.15) is 4.98 Å². The van der Waals surface area contributed by atoms with Crippen LogP contribution in [0.2, 0.25) is 0 Å². The highest BCUT2D eigenvalue weighted by molar-refractivity contribution is 5.91. The fraction of sp³-hybridized carbons (Fsp3) is 0.100. The van der Waals surface area contributed by atoms with Crippen LogP contribution in [0.5, 0.6) is 0 Å². The zero-order valence-corrected chi connectivity index (χ0v) is 14.3. The lowest BCUT2D eigenvalue weighted by Gasteiger charge is -2.11. The van der Waals surface area contributed by atoms with Crippen molar-refractivity contribution in [2.45, 2.75) is 13.5 Å². The first kappa shape index (κ1) is 16.0. The second-order valence-electron chi connectivity index (χ2n) is 5.94. The molecule has 0 saturated heterocycles. The van der Waals surface area contributed by atoms with Gasteiger partial charge in [-0.05, 0) is 30.7 Å². The summed E-state index contributed by atoms with van der Waals surface area (Å²) < 4.78 is 0. The van der Waals surface area contributed by atoms with Crippen LogP contribution in [0, 0.1) is 6.92 Å². The van der Waals surface area contributed by atoms with Gasteiger partial charge in [-0.3, -0.25) is 9.97 Å². The first-order valence-corrected chi connectivity index (χ1v) is 8.37. The van der Waals surface area contributed by atoms with Crippen molar-refractivity contribution in [1.29, 1.82) is 0 Å². The summed E-state index contributed by atoms with van der Waals surface area (Å²) in [6.07, 6.45) is 5.37. The van der Waals surface area contributed by atoms with E-state index in [9.17, 15) is 0 Å². The van der Waals surface area contributed by atoms with Gasteiger partial charge in [-0.15, -0.1) is 0 Å². The molecule has 26 heavy (non-hydrogen) atoms. The molecule has 0 radical (unpaired) electrons. The monoisotopic (exact) mass is 342 g/mol. The molecule has 0 bridgehead atoms. The Morgan fingerprint density at radius 3 is 2.73 bits per heavy atom. The van der Waals surface area contributed by atoms with E-state index in [0.717, 1.165) is 33.7 Å². The van der Waals surface area contributed by atoms with Crippen molar-refractivity contribution in [3.8, 4) is 0 Å². The zero-order chi connectivity index (χ0) is 17.8. The van der Waals surface area contributed by atoms with Crippen LogP contribution >= 0.6 is 0 Å². The van der Waals surface area contributed by atoms with Crippen LogP contribution in [0.4, 0.5) is 17.5 Å². The molecule has 0 unspecified atom stereocenters. The molecule has 0 atom stereocenters. The van der Waals surface area contributed by atoms with E-state index in [4.69, 9.17) is 0 Å².